The number of nitrogens with one attached hydrogen (secondary N) is 1. The van der Waals surface area contributed by atoms with E-state index < -0.39 is 29.5 Å². The number of halogens is 1. The molecule has 0 aromatic heterocycles. The lowest BCUT2D eigenvalue weighted by Crippen LogP contribution is -2.59. The van der Waals surface area contributed by atoms with Crippen LogP contribution >= 0.6 is 11.6 Å². The Hall–Kier alpha value is -2.21. The molecule has 1 aliphatic heterocycles. The highest BCUT2D eigenvalue weighted by atomic mass is 35.5. The summed E-state index contributed by atoms with van der Waals surface area (Å²) in [6, 6.07) is 5.11. The summed E-state index contributed by atoms with van der Waals surface area (Å²) in [6.45, 7) is 1.12. The Bertz CT molecular complexity index is 599. The predicted molar refractivity (Wildman–Crippen MR) is 66.6 cm³/mol. The summed E-state index contributed by atoms with van der Waals surface area (Å²) >= 11 is 5.78. The number of rotatable bonds is 2. The maximum Gasteiger partial charge on any atom is 0.335 e. The summed E-state index contributed by atoms with van der Waals surface area (Å²) in [5.41, 5.74) is 0.203. The van der Waals surface area contributed by atoms with Crippen molar-refractivity contribution in [3.8, 4) is 0 Å². The zero-order valence-electron chi connectivity index (χ0n) is 9.84. The smallest absolute Gasteiger partial charge is 0.299 e. The first-order valence-electron chi connectivity index (χ1n) is 5.36. The zero-order valence-corrected chi connectivity index (χ0v) is 10.6. The van der Waals surface area contributed by atoms with Crippen molar-refractivity contribution in [1.82, 2.24) is 5.32 Å². The Labute approximate surface area is 113 Å². The molecule has 1 aromatic rings. The first kappa shape index (κ1) is 13.2. The minimum absolute atomic E-state index is 0.203. The lowest BCUT2D eigenvalue weighted by atomic mass is 10.0. The topological polar surface area (TPSA) is 83.6 Å². The second-order valence-electron chi connectivity index (χ2n) is 3.99. The van der Waals surface area contributed by atoms with Gasteiger partial charge in [0.15, 0.2) is 11.7 Å². The average molecular weight is 281 g/mol. The second kappa shape index (κ2) is 4.81. The molecule has 19 heavy (non-hydrogen) atoms. The maximum atomic E-state index is 12.1. The standard InChI is InChI=1S/C12H9ClN2O4/c1-6(16)9-10(17)14-12(19)15(11(9)18)8-4-2-3-7(13)5-8/h2-5,9H,1H3,(H,14,17,19). The number of barbiturate groups is 1. The Balaban J connectivity index is 2.44. The van der Waals surface area contributed by atoms with Crippen molar-refractivity contribution < 1.29 is 19.2 Å². The molecule has 1 heterocycles. The molecule has 98 valence electrons. The lowest BCUT2D eigenvalue weighted by molar-refractivity contribution is -0.140. The van der Waals surface area contributed by atoms with Gasteiger partial charge in [-0.3, -0.25) is 19.7 Å². The summed E-state index contributed by atoms with van der Waals surface area (Å²) in [5, 5.41) is 2.30. The Kier molecular flexibility index (Phi) is 3.35. The quantitative estimate of drug-likeness (QED) is 0.823. The van der Waals surface area contributed by atoms with Gasteiger partial charge in [0.1, 0.15) is 0 Å². The van der Waals surface area contributed by atoms with Crippen LogP contribution in [0.25, 0.3) is 0 Å². The molecule has 1 aliphatic rings. The fourth-order valence-electron chi connectivity index (χ4n) is 1.79. The molecule has 1 unspecified atom stereocenters. The molecule has 0 spiro atoms. The van der Waals surface area contributed by atoms with Crippen LogP contribution in [0, 0.1) is 5.92 Å². The molecule has 1 N–H and O–H groups in total. The van der Waals surface area contributed by atoms with Crippen molar-refractivity contribution in [2.75, 3.05) is 4.90 Å². The van der Waals surface area contributed by atoms with Crippen molar-refractivity contribution in [2.24, 2.45) is 5.92 Å². The SMILES string of the molecule is CC(=O)C1C(=O)NC(=O)N(c2cccc(Cl)c2)C1=O. The number of hydrogen-bond acceptors (Lipinski definition) is 4. The van der Waals surface area contributed by atoms with E-state index in [1.54, 1.807) is 12.1 Å². The highest BCUT2D eigenvalue weighted by Crippen LogP contribution is 2.23. The van der Waals surface area contributed by atoms with Gasteiger partial charge in [-0.1, -0.05) is 17.7 Å². The Morgan fingerprint density at radius 1 is 1.32 bits per heavy atom. The number of hydrogen-bond donors (Lipinski definition) is 1. The van der Waals surface area contributed by atoms with E-state index in [1.165, 1.54) is 12.1 Å². The van der Waals surface area contributed by atoms with Crippen LogP contribution in [0.2, 0.25) is 5.02 Å². The number of nitrogens with zero attached hydrogens (tertiary/aromatic N) is 1. The van der Waals surface area contributed by atoms with Gasteiger partial charge in [0.05, 0.1) is 5.69 Å². The zero-order chi connectivity index (χ0) is 14.2. The van der Waals surface area contributed by atoms with Gasteiger partial charge in [0, 0.05) is 5.02 Å². The molecule has 7 heteroatoms. The second-order valence-corrected chi connectivity index (χ2v) is 4.43. The highest BCUT2D eigenvalue weighted by Gasteiger charge is 2.43. The number of amides is 4. The molecule has 1 fully saturated rings. The van der Waals surface area contributed by atoms with Crippen molar-refractivity contribution in [3.05, 3.63) is 29.3 Å². The molecule has 4 amide bonds. The summed E-state index contributed by atoms with van der Waals surface area (Å²) in [7, 11) is 0. The summed E-state index contributed by atoms with van der Waals surface area (Å²) < 4.78 is 0. The van der Waals surface area contributed by atoms with Crippen LogP contribution < -0.4 is 10.2 Å². The number of Topliss-reactive ketones (excluding diaryl/α,β-unsaturated/α-hetero) is 1. The summed E-state index contributed by atoms with van der Waals surface area (Å²) in [5.74, 6) is -3.90. The fourth-order valence-corrected chi connectivity index (χ4v) is 1.98. The number of benzene rings is 1. The largest absolute Gasteiger partial charge is 0.335 e. The van der Waals surface area contributed by atoms with Crippen LogP contribution in [0.5, 0.6) is 0 Å². The van der Waals surface area contributed by atoms with Gasteiger partial charge in [-0.05, 0) is 25.1 Å². The van der Waals surface area contributed by atoms with Crippen LogP contribution in [0.15, 0.2) is 24.3 Å². The van der Waals surface area contributed by atoms with Gasteiger partial charge in [-0.15, -0.1) is 0 Å². The van der Waals surface area contributed by atoms with Crippen molar-refractivity contribution >= 4 is 40.9 Å². The molecule has 1 saturated heterocycles. The van der Waals surface area contributed by atoms with Gasteiger partial charge in [-0.25, -0.2) is 9.69 Å². The molecule has 0 aliphatic carbocycles. The minimum Gasteiger partial charge on any atom is -0.299 e. The summed E-state index contributed by atoms with van der Waals surface area (Å²) in [6.07, 6.45) is 0. The molecule has 1 aromatic carbocycles. The van der Waals surface area contributed by atoms with E-state index in [9.17, 15) is 19.2 Å². The normalized spacial score (nSPS) is 19.4. The number of anilines is 1. The van der Waals surface area contributed by atoms with E-state index in [2.05, 4.69) is 0 Å². The van der Waals surface area contributed by atoms with Crippen LogP contribution in [-0.2, 0) is 14.4 Å². The van der Waals surface area contributed by atoms with Crippen molar-refractivity contribution in [1.29, 1.82) is 0 Å². The van der Waals surface area contributed by atoms with Crippen molar-refractivity contribution in [3.63, 3.8) is 0 Å². The fraction of sp³-hybridized carbons (Fsp3) is 0.167. The van der Waals surface area contributed by atoms with Gasteiger partial charge >= 0.3 is 6.03 Å². The lowest BCUT2D eigenvalue weighted by Gasteiger charge is -2.28. The highest BCUT2D eigenvalue weighted by molar-refractivity contribution is 6.35. The average Bonchev–Trinajstić information content (AvgIpc) is 2.27. The van der Waals surface area contributed by atoms with E-state index >= 15 is 0 Å². The number of ketones is 1. The van der Waals surface area contributed by atoms with Gasteiger partial charge in [0.2, 0.25) is 5.91 Å². The van der Waals surface area contributed by atoms with E-state index in [4.69, 9.17) is 11.6 Å². The molecular formula is C12H9ClN2O4. The minimum atomic E-state index is -1.50. The van der Waals surface area contributed by atoms with E-state index in [1.807, 2.05) is 5.32 Å². The van der Waals surface area contributed by atoms with Crippen LogP contribution in [0.4, 0.5) is 10.5 Å². The predicted octanol–water partition coefficient (Wildman–Crippen LogP) is 1.13. The van der Waals surface area contributed by atoms with Gasteiger partial charge in [0.25, 0.3) is 5.91 Å². The van der Waals surface area contributed by atoms with Gasteiger partial charge in [-0.2, -0.15) is 0 Å². The number of carbonyl (C=O) groups excluding carboxylic acids is 4. The van der Waals surface area contributed by atoms with Crippen LogP contribution in [0.3, 0.4) is 0 Å². The first-order valence-corrected chi connectivity index (χ1v) is 5.74. The number of imide groups is 2. The molecule has 0 radical (unpaired) electrons. The number of carbonyl (C=O) groups is 4. The van der Waals surface area contributed by atoms with Crippen molar-refractivity contribution in [2.45, 2.75) is 6.92 Å². The van der Waals surface area contributed by atoms with E-state index in [0.29, 0.717) is 5.02 Å². The van der Waals surface area contributed by atoms with E-state index in [0.717, 1.165) is 11.8 Å². The van der Waals surface area contributed by atoms with E-state index in [-0.39, 0.29) is 5.69 Å². The Morgan fingerprint density at radius 3 is 2.58 bits per heavy atom. The van der Waals surface area contributed by atoms with Gasteiger partial charge < -0.3 is 0 Å². The molecule has 1 atom stereocenters. The molecule has 6 nitrogen and oxygen atoms in total. The third-order valence-corrected chi connectivity index (χ3v) is 2.87. The third kappa shape index (κ3) is 2.34. The summed E-state index contributed by atoms with van der Waals surface area (Å²) in [4.78, 5) is 47.3. The third-order valence-electron chi connectivity index (χ3n) is 2.64. The van der Waals surface area contributed by atoms with Crippen LogP contribution in [-0.4, -0.2) is 23.6 Å². The first-order chi connectivity index (χ1) is 8.91. The number of urea groups is 1. The Morgan fingerprint density at radius 2 is 2.00 bits per heavy atom. The molecule has 0 saturated carbocycles. The molecular weight excluding hydrogens is 272 g/mol. The molecule has 2 rings (SSSR count). The maximum absolute atomic E-state index is 12.1. The van der Waals surface area contributed by atoms with Crippen LogP contribution in [0.1, 0.15) is 6.92 Å². The monoisotopic (exact) mass is 280 g/mol. The molecule has 0 bridgehead atoms.